The molecule has 0 aliphatic carbocycles. The first-order chi connectivity index (χ1) is 18.3. The van der Waals surface area contributed by atoms with Crippen molar-refractivity contribution < 1.29 is 14.3 Å². The number of rotatable bonds is 6. The summed E-state index contributed by atoms with van der Waals surface area (Å²) in [5, 5.41) is 12.9. The monoisotopic (exact) mass is 525 g/mol. The van der Waals surface area contributed by atoms with Crippen LogP contribution in [0, 0.1) is 32.1 Å². The summed E-state index contributed by atoms with van der Waals surface area (Å²) in [6, 6.07) is 20.3. The van der Waals surface area contributed by atoms with Gasteiger partial charge in [-0.1, -0.05) is 35.9 Å². The molecule has 0 spiro atoms. The Morgan fingerprint density at radius 3 is 2.42 bits per heavy atom. The lowest BCUT2D eigenvalue weighted by atomic mass is 10.1. The number of nitrogens with one attached hydrogen (secondary N) is 1. The molecule has 7 nitrogen and oxygen atoms in total. The van der Waals surface area contributed by atoms with Crippen LogP contribution in [-0.2, 0) is 4.79 Å². The predicted octanol–water partition coefficient (Wildman–Crippen LogP) is 3.98. The normalized spacial score (nSPS) is 12.1. The number of carbonyl (C=O) groups is 1. The van der Waals surface area contributed by atoms with Gasteiger partial charge in [0, 0.05) is 11.3 Å². The summed E-state index contributed by atoms with van der Waals surface area (Å²) in [5.41, 5.74) is 4.04. The second-order valence-corrected chi connectivity index (χ2v) is 9.74. The third kappa shape index (κ3) is 5.24. The summed E-state index contributed by atoms with van der Waals surface area (Å²) in [5.74, 6) is 0.567. The van der Waals surface area contributed by atoms with E-state index in [1.807, 2.05) is 57.2 Å². The van der Waals surface area contributed by atoms with Crippen LogP contribution in [0.3, 0.4) is 0 Å². The fraction of sp³-hybridized carbons (Fsp3) is 0.167. The molecule has 8 heteroatoms. The summed E-state index contributed by atoms with van der Waals surface area (Å²) in [4.78, 5) is 27.2. The van der Waals surface area contributed by atoms with Crippen LogP contribution in [0.4, 0.5) is 5.69 Å². The van der Waals surface area contributed by atoms with Crippen LogP contribution in [0.1, 0.15) is 22.3 Å². The molecule has 0 aliphatic rings. The predicted molar refractivity (Wildman–Crippen MR) is 151 cm³/mol. The van der Waals surface area contributed by atoms with Gasteiger partial charge in [0.05, 0.1) is 24.4 Å². The molecule has 0 radical (unpaired) electrons. The molecule has 192 valence electrons. The van der Waals surface area contributed by atoms with Gasteiger partial charge in [0.2, 0.25) is 0 Å². The second-order valence-electron chi connectivity index (χ2n) is 8.71. The van der Waals surface area contributed by atoms with E-state index in [4.69, 9.17) is 9.47 Å². The average Bonchev–Trinajstić information content (AvgIpc) is 3.21. The van der Waals surface area contributed by atoms with Gasteiger partial charge in [-0.25, -0.2) is 0 Å². The lowest BCUT2D eigenvalue weighted by molar-refractivity contribution is -0.111. The lowest BCUT2D eigenvalue weighted by Crippen LogP contribution is -2.32. The molecule has 0 saturated carbocycles. The number of anilines is 1. The van der Waals surface area contributed by atoms with Crippen LogP contribution in [-0.4, -0.2) is 24.7 Å². The largest absolute Gasteiger partial charge is 0.497 e. The zero-order valence-corrected chi connectivity index (χ0v) is 22.6. The van der Waals surface area contributed by atoms with Gasteiger partial charge in [-0.3, -0.25) is 14.2 Å². The van der Waals surface area contributed by atoms with Crippen molar-refractivity contribution in [3.05, 3.63) is 102 Å². The van der Waals surface area contributed by atoms with E-state index in [0.29, 0.717) is 33.0 Å². The number of methoxy groups -OCH3 is 2. The molecule has 0 fully saturated rings. The van der Waals surface area contributed by atoms with Crippen molar-refractivity contribution in [2.45, 2.75) is 20.8 Å². The second kappa shape index (κ2) is 11.2. The van der Waals surface area contributed by atoms with Crippen molar-refractivity contribution in [2.24, 2.45) is 0 Å². The molecule has 1 N–H and O–H groups in total. The fourth-order valence-electron chi connectivity index (χ4n) is 4.11. The Morgan fingerprint density at radius 1 is 1.00 bits per heavy atom. The Morgan fingerprint density at radius 2 is 1.76 bits per heavy atom. The van der Waals surface area contributed by atoms with Crippen molar-refractivity contribution in [1.29, 1.82) is 5.26 Å². The summed E-state index contributed by atoms with van der Waals surface area (Å²) in [7, 11) is 3.10. The van der Waals surface area contributed by atoms with Crippen LogP contribution in [0.2, 0.25) is 0 Å². The van der Waals surface area contributed by atoms with E-state index in [-0.39, 0.29) is 15.8 Å². The van der Waals surface area contributed by atoms with E-state index in [2.05, 4.69) is 5.32 Å². The van der Waals surface area contributed by atoms with E-state index >= 15 is 0 Å². The topological polar surface area (TPSA) is 93.3 Å². The summed E-state index contributed by atoms with van der Waals surface area (Å²) >= 11 is 1.08. The molecule has 4 aromatic rings. The van der Waals surface area contributed by atoms with Crippen LogP contribution in [0.5, 0.6) is 11.5 Å². The van der Waals surface area contributed by atoms with Crippen molar-refractivity contribution in [1.82, 2.24) is 4.57 Å². The van der Waals surface area contributed by atoms with Crippen molar-refractivity contribution >= 4 is 34.6 Å². The van der Waals surface area contributed by atoms with E-state index in [1.54, 1.807) is 50.6 Å². The third-order valence-electron chi connectivity index (χ3n) is 6.09. The van der Waals surface area contributed by atoms with Crippen molar-refractivity contribution in [3.8, 4) is 23.3 Å². The van der Waals surface area contributed by atoms with Crippen LogP contribution in [0.25, 0.3) is 17.3 Å². The highest BCUT2D eigenvalue weighted by molar-refractivity contribution is 7.07. The molecule has 0 unspecified atom stereocenters. The number of ether oxygens (including phenoxy) is 2. The zero-order valence-electron chi connectivity index (χ0n) is 21.8. The minimum absolute atomic E-state index is 0.160. The Hall–Kier alpha value is -4.61. The van der Waals surface area contributed by atoms with Crippen LogP contribution < -0.4 is 29.5 Å². The van der Waals surface area contributed by atoms with Gasteiger partial charge in [0.25, 0.3) is 11.5 Å². The quantitative estimate of drug-likeness (QED) is 0.411. The standard InChI is InChI=1S/C30H27N3O4S/c1-18-10-12-25(20(3)14-18)33-29(35)27(16-21-15-22(36-4)11-13-26(21)37-5)38-30(33)23(17-31)28(34)32-24-9-7-6-8-19(24)2/h6-16H,1-5H3,(H,32,34). The molecule has 0 saturated heterocycles. The van der Waals surface area contributed by atoms with Crippen LogP contribution >= 0.6 is 11.3 Å². The first kappa shape index (κ1) is 26.5. The van der Waals surface area contributed by atoms with E-state index in [9.17, 15) is 14.9 Å². The number of hydrogen-bond acceptors (Lipinski definition) is 6. The maximum atomic E-state index is 13.9. The first-order valence-corrected chi connectivity index (χ1v) is 12.6. The maximum absolute atomic E-state index is 13.9. The summed E-state index contributed by atoms with van der Waals surface area (Å²) in [6.07, 6.45) is 1.69. The molecular formula is C30H27N3O4S. The SMILES string of the molecule is COc1ccc(OC)c(C=c2sc(=C(C#N)C(=O)Nc3ccccc3C)n(-c3ccc(C)cc3C)c2=O)c1. The highest BCUT2D eigenvalue weighted by Crippen LogP contribution is 2.24. The number of benzene rings is 3. The van der Waals surface area contributed by atoms with E-state index < -0.39 is 5.91 Å². The van der Waals surface area contributed by atoms with Gasteiger partial charge in [-0.15, -0.1) is 11.3 Å². The van der Waals surface area contributed by atoms with Crippen LogP contribution in [0.15, 0.2) is 65.5 Å². The Balaban J connectivity index is 2.04. The number of para-hydroxylation sites is 1. The van der Waals surface area contributed by atoms with Gasteiger partial charge >= 0.3 is 0 Å². The Bertz CT molecular complexity index is 1760. The van der Waals surface area contributed by atoms with Gasteiger partial charge in [-0.2, -0.15) is 5.26 Å². The van der Waals surface area contributed by atoms with Gasteiger partial charge in [0.1, 0.15) is 22.2 Å². The van der Waals surface area contributed by atoms with Gasteiger partial charge < -0.3 is 14.8 Å². The Kier molecular flexibility index (Phi) is 7.79. The van der Waals surface area contributed by atoms with Gasteiger partial charge in [0.15, 0.2) is 5.57 Å². The first-order valence-electron chi connectivity index (χ1n) is 11.8. The minimum atomic E-state index is -0.591. The fourth-order valence-corrected chi connectivity index (χ4v) is 5.20. The van der Waals surface area contributed by atoms with E-state index in [0.717, 1.165) is 28.0 Å². The molecule has 3 aromatic carbocycles. The third-order valence-corrected chi connectivity index (χ3v) is 7.18. The van der Waals surface area contributed by atoms with E-state index in [1.165, 1.54) is 4.57 Å². The van der Waals surface area contributed by atoms with Crippen molar-refractivity contribution in [3.63, 3.8) is 0 Å². The number of thiazole rings is 1. The minimum Gasteiger partial charge on any atom is -0.497 e. The smallest absolute Gasteiger partial charge is 0.273 e. The molecule has 38 heavy (non-hydrogen) atoms. The zero-order chi connectivity index (χ0) is 27.4. The Labute approximate surface area is 224 Å². The molecule has 4 rings (SSSR count). The highest BCUT2D eigenvalue weighted by Gasteiger charge is 2.19. The molecule has 1 aromatic heterocycles. The number of aromatic nitrogens is 1. The number of amides is 1. The number of nitriles is 1. The lowest BCUT2D eigenvalue weighted by Gasteiger charge is -2.10. The molecule has 0 atom stereocenters. The summed E-state index contributed by atoms with van der Waals surface area (Å²) in [6.45, 7) is 5.72. The molecule has 0 bridgehead atoms. The summed E-state index contributed by atoms with van der Waals surface area (Å²) < 4.78 is 12.8. The van der Waals surface area contributed by atoms with Crippen molar-refractivity contribution in [2.75, 3.05) is 19.5 Å². The number of aryl methyl sites for hydroxylation is 3. The number of hydrogen-bond donors (Lipinski definition) is 1. The average molecular weight is 526 g/mol. The molecule has 1 amide bonds. The maximum Gasteiger partial charge on any atom is 0.273 e. The number of carbonyl (C=O) groups excluding carboxylic acids is 1. The van der Waals surface area contributed by atoms with Gasteiger partial charge in [-0.05, 0) is 68.3 Å². The highest BCUT2D eigenvalue weighted by atomic mass is 32.1. The molecular weight excluding hydrogens is 498 g/mol. The molecule has 0 aliphatic heterocycles. The number of nitrogens with zero attached hydrogens (tertiary/aromatic N) is 2. The molecule has 1 heterocycles.